The van der Waals surface area contributed by atoms with Crippen LogP contribution in [0, 0.1) is 35.5 Å². The zero-order chi connectivity index (χ0) is 29.1. The summed E-state index contributed by atoms with van der Waals surface area (Å²) in [7, 11) is 10.4. The van der Waals surface area contributed by atoms with Gasteiger partial charge in [-0.1, -0.05) is 11.8 Å². The summed E-state index contributed by atoms with van der Waals surface area (Å²) in [5.74, 6) is -4.90. The first-order valence-electron chi connectivity index (χ1n) is 12.7. The number of aromatic hydroxyl groups is 1. The fourth-order valence-corrected chi connectivity index (χ4v) is 6.44. The first-order valence-corrected chi connectivity index (χ1v) is 12.7. The lowest BCUT2D eigenvalue weighted by atomic mass is 9.52. The van der Waals surface area contributed by atoms with Crippen LogP contribution in [-0.4, -0.2) is 110 Å². The third-order valence-electron chi connectivity index (χ3n) is 8.14. The van der Waals surface area contributed by atoms with Gasteiger partial charge in [0.2, 0.25) is 5.91 Å². The van der Waals surface area contributed by atoms with Crippen LogP contribution < -0.4 is 10.6 Å². The number of phenolic OH excluding ortho intramolecular Hbond substituents is 1. The van der Waals surface area contributed by atoms with E-state index in [0.717, 1.165) is 0 Å². The molecule has 0 aromatic heterocycles. The summed E-state index contributed by atoms with van der Waals surface area (Å²) in [6, 6.07) is 0.557. The highest BCUT2D eigenvalue weighted by Crippen LogP contribution is 2.52. The van der Waals surface area contributed by atoms with E-state index in [9.17, 15) is 34.2 Å². The van der Waals surface area contributed by atoms with Crippen LogP contribution in [0.3, 0.4) is 0 Å². The number of fused-ring (bicyclic) bond motifs is 3. The third kappa shape index (κ3) is 4.23. The Morgan fingerprint density at radius 2 is 1.74 bits per heavy atom. The number of hydrogen-bond acceptors (Lipinski definition) is 10. The largest absolute Gasteiger partial charge is 0.506 e. The molecule has 4 N–H and O–H groups in total. The Hall–Kier alpha value is -3.59. The molecule has 4 rings (SSSR count). The number of anilines is 1. The molecule has 39 heavy (non-hydrogen) atoms. The van der Waals surface area contributed by atoms with Crippen molar-refractivity contribution in [3.05, 3.63) is 22.8 Å². The predicted molar refractivity (Wildman–Crippen MR) is 141 cm³/mol. The number of aliphatic hydroxyl groups is 1. The average molecular weight is 539 g/mol. The second-order valence-electron chi connectivity index (χ2n) is 11.4. The van der Waals surface area contributed by atoms with E-state index in [2.05, 4.69) is 11.8 Å². The lowest BCUT2D eigenvalue weighted by Crippen LogP contribution is -2.74. The Kier molecular flexibility index (Phi) is 7.19. The summed E-state index contributed by atoms with van der Waals surface area (Å²) in [4.78, 5) is 71.7. The number of nitrogens with two attached hydrogens (primary N) is 1. The molecule has 0 aliphatic heterocycles. The van der Waals surface area contributed by atoms with E-state index in [1.165, 1.54) is 4.90 Å². The fourth-order valence-electron chi connectivity index (χ4n) is 6.44. The van der Waals surface area contributed by atoms with Crippen molar-refractivity contribution in [1.29, 1.82) is 0 Å². The molecule has 1 aromatic carbocycles. The van der Waals surface area contributed by atoms with E-state index in [0.29, 0.717) is 17.8 Å². The number of nitrogens with zero attached hydrogens (tertiary/aromatic N) is 3. The van der Waals surface area contributed by atoms with Gasteiger partial charge in [0.15, 0.2) is 34.7 Å². The van der Waals surface area contributed by atoms with Crippen molar-refractivity contribution in [2.75, 3.05) is 53.7 Å². The fraction of sp³-hybridized carbons (Fsp3) is 0.536. The second-order valence-corrected chi connectivity index (χ2v) is 11.4. The zero-order valence-corrected chi connectivity index (χ0v) is 22.9. The van der Waals surface area contributed by atoms with Gasteiger partial charge in [-0.05, 0) is 58.6 Å². The number of ketones is 4. The standard InChI is InChI=1S/C28H34N4O7/c1-30(2)9-7-8-13-12-17(31(3)4)15-10-14-11-16-21(32(5)6)24(35)20(27(29)38)26(37)28(16,39)25(36)18(14)23(34)19(15)22(13)33/h12,14,16,18,20-21,33,39H,9-11H2,1-6H3,(H2,29,38)/t14-,16-,18?,20?,21?,28-/m0/s1. The molecule has 3 unspecified atom stereocenters. The van der Waals surface area contributed by atoms with Crippen LogP contribution in [0.2, 0.25) is 0 Å². The number of phenols is 1. The molecule has 11 nitrogen and oxygen atoms in total. The molecule has 208 valence electrons. The molecule has 2 fully saturated rings. The summed E-state index contributed by atoms with van der Waals surface area (Å²) >= 11 is 0. The number of benzene rings is 1. The van der Waals surface area contributed by atoms with Crippen LogP contribution in [0.4, 0.5) is 5.69 Å². The first kappa shape index (κ1) is 28.4. The van der Waals surface area contributed by atoms with Crippen molar-refractivity contribution in [3.63, 3.8) is 0 Å². The average Bonchev–Trinajstić information content (AvgIpc) is 2.81. The van der Waals surface area contributed by atoms with Gasteiger partial charge in [-0.3, -0.25) is 33.8 Å². The van der Waals surface area contributed by atoms with Gasteiger partial charge in [0, 0.05) is 25.7 Å². The summed E-state index contributed by atoms with van der Waals surface area (Å²) in [5.41, 5.74) is 3.93. The van der Waals surface area contributed by atoms with E-state index < -0.39 is 64.4 Å². The number of likely N-dealkylation sites (N-methyl/N-ethyl adjacent to an activating group) is 1. The van der Waals surface area contributed by atoms with Crippen LogP contribution in [0.1, 0.15) is 27.9 Å². The molecule has 1 amide bonds. The minimum atomic E-state index is -2.75. The highest BCUT2D eigenvalue weighted by Gasteiger charge is 2.69. The Morgan fingerprint density at radius 1 is 1.10 bits per heavy atom. The lowest BCUT2D eigenvalue weighted by molar-refractivity contribution is -0.181. The van der Waals surface area contributed by atoms with Gasteiger partial charge in [-0.15, -0.1) is 0 Å². The van der Waals surface area contributed by atoms with Gasteiger partial charge >= 0.3 is 0 Å². The van der Waals surface area contributed by atoms with Crippen LogP contribution in [0.5, 0.6) is 5.75 Å². The maximum atomic E-state index is 14.0. The van der Waals surface area contributed by atoms with E-state index in [4.69, 9.17) is 5.73 Å². The maximum absolute atomic E-state index is 14.0. The Balaban J connectivity index is 1.88. The molecule has 0 spiro atoms. The number of Topliss-reactive ketones (excluding diaryl/α,β-unsaturated/α-hetero) is 4. The van der Waals surface area contributed by atoms with Crippen molar-refractivity contribution in [3.8, 4) is 17.6 Å². The smallest absolute Gasteiger partial charge is 0.235 e. The first-order chi connectivity index (χ1) is 18.1. The van der Waals surface area contributed by atoms with Crippen molar-refractivity contribution < 1.29 is 34.2 Å². The molecule has 1 aromatic rings. The van der Waals surface area contributed by atoms with E-state index in [1.54, 1.807) is 39.2 Å². The van der Waals surface area contributed by atoms with Crippen LogP contribution in [0.25, 0.3) is 0 Å². The lowest BCUT2D eigenvalue weighted by Gasteiger charge is -2.52. The maximum Gasteiger partial charge on any atom is 0.235 e. The Morgan fingerprint density at radius 3 is 2.28 bits per heavy atom. The number of primary amides is 1. The zero-order valence-electron chi connectivity index (χ0n) is 22.9. The number of carbonyl (C=O) groups is 5. The second kappa shape index (κ2) is 9.86. The third-order valence-corrected chi connectivity index (χ3v) is 8.14. The predicted octanol–water partition coefficient (Wildman–Crippen LogP) is -1.15. The summed E-state index contributed by atoms with van der Waals surface area (Å²) in [6.07, 6.45) is 0.195. The minimum absolute atomic E-state index is 0.00190. The number of amides is 1. The SMILES string of the molecule is CN(C)CC#Cc1cc(N(C)C)c2c(c1O)C(=O)C1C(=O)[C@]3(O)C(=O)C(C(N)=O)C(=O)C(N(C)C)[C@@H]3C[C@@H]1C2. The molecule has 2 saturated carbocycles. The van der Waals surface area contributed by atoms with Crippen molar-refractivity contribution in [1.82, 2.24) is 9.80 Å². The van der Waals surface area contributed by atoms with Gasteiger partial charge in [0.25, 0.3) is 0 Å². The van der Waals surface area contributed by atoms with Gasteiger partial charge < -0.3 is 20.8 Å². The van der Waals surface area contributed by atoms with Crippen LogP contribution in [-0.2, 0) is 25.6 Å². The summed E-state index contributed by atoms with van der Waals surface area (Å²) in [6.45, 7) is 0.411. The molecule has 0 radical (unpaired) electrons. The summed E-state index contributed by atoms with van der Waals surface area (Å²) in [5, 5.41) is 22.8. The normalized spacial score (nSPS) is 29.9. The van der Waals surface area contributed by atoms with Crippen LogP contribution >= 0.6 is 0 Å². The molecule has 6 atom stereocenters. The van der Waals surface area contributed by atoms with E-state index in [-0.39, 0.29) is 29.7 Å². The van der Waals surface area contributed by atoms with Crippen molar-refractivity contribution >= 4 is 34.7 Å². The number of carbonyl (C=O) groups excluding carboxylic acids is 5. The molecule has 0 saturated heterocycles. The molecule has 3 aliphatic carbocycles. The molecular formula is C28H34N4O7. The van der Waals surface area contributed by atoms with Crippen molar-refractivity contribution in [2.45, 2.75) is 24.5 Å². The molecule has 0 heterocycles. The molecule has 11 heteroatoms. The molecule has 3 aliphatic rings. The van der Waals surface area contributed by atoms with E-state index in [1.807, 2.05) is 19.0 Å². The van der Waals surface area contributed by atoms with Gasteiger partial charge in [0.05, 0.1) is 29.6 Å². The molecule has 0 bridgehead atoms. The summed E-state index contributed by atoms with van der Waals surface area (Å²) < 4.78 is 0. The van der Waals surface area contributed by atoms with Crippen LogP contribution in [0.15, 0.2) is 6.07 Å². The Bertz CT molecular complexity index is 1360. The van der Waals surface area contributed by atoms with E-state index >= 15 is 0 Å². The number of hydrogen-bond donors (Lipinski definition) is 3. The van der Waals surface area contributed by atoms with Crippen molar-refractivity contribution in [2.24, 2.45) is 29.4 Å². The van der Waals surface area contributed by atoms with Gasteiger partial charge in [-0.25, -0.2) is 0 Å². The quantitative estimate of drug-likeness (QED) is 0.315. The highest BCUT2D eigenvalue weighted by atomic mass is 16.3. The minimum Gasteiger partial charge on any atom is -0.506 e. The molecular weight excluding hydrogens is 504 g/mol. The topological polar surface area (TPSA) is 162 Å². The van der Waals surface area contributed by atoms with Gasteiger partial charge in [-0.2, -0.15) is 0 Å². The highest BCUT2D eigenvalue weighted by molar-refractivity contribution is 6.32. The van der Waals surface area contributed by atoms with Gasteiger partial charge in [0.1, 0.15) is 5.75 Å². The Labute approximate surface area is 226 Å². The monoisotopic (exact) mass is 538 g/mol. The number of rotatable bonds is 4.